The molecule has 0 saturated carbocycles. The summed E-state index contributed by atoms with van der Waals surface area (Å²) in [7, 11) is 1.54. The summed E-state index contributed by atoms with van der Waals surface area (Å²) in [5.74, 6) is -0.109. The second kappa shape index (κ2) is 8.19. The molecule has 2 aromatic carbocycles. The minimum absolute atomic E-state index is 0.109. The summed E-state index contributed by atoms with van der Waals surface area (Å²) in [4.78, 5) is 23.3. The number of urea groups is 1. The molecule has 0 aliphatic carbocycles. The third kappa shape index (κ3) is 5.30. The fraction of sp³-hybridized carbons (Fsp3) is 0.176. The molecule has 120 valence electrons. The normalized spacial score (nSPS) is 10.0. The summed E-state index contributed by atoms with van der Waals surface area (Å²) in [6.45, 7) is 0. The Labute approximate surface area is 140 Å². The molecule has 0 atom stereocenters. The summed E-state index contributed by atoms with van der Waals surface area (Å²) >= 11 is 6.07. The van der Waals surface area contributed by atoms with Crippen LogP contribution in [0, 0.1) is 0 Å². The Morgan fingerprint density at radius 1 is 1.00 bits per heavy atom. The lowest BCUT2D eigenvalue weighted by molar-refractivity contribution is -0.116. The topological polar surface area (TPSA) is 70.2 Å². The van der Waals surface area contributed by atoms with Gasteiger partial charge in [0, 0.05) is 29.9 Å². The molecule has 0 aromatic heterocycles. The predicted molar refractivity (Wildman–Crippen MR) is 92.9 cm³/mol. The van der Waals surface area contributed by atoms with Crippen molar-refractivity contribution in [2.24, 2.45) is 0 Å². The van der Waals surface area contributed by atoms with Crippen LogP contribution in [0.3, 0.4) is 0 Å². The highest BCUT2D eigenvalue weighted by molar-refractivity contribution is 6.31. The van der Waals surface area contributed by atoms with Crippen molar-refractivity contribution in [2.75, 3.05) is 17.7 Å². The molecule has 0 aliphatic heterocycles. The molecule has 2 rings (SSSR count). The number of anilines is 2. The van der Waals surface area contributed by atoms with Crippen LogP contribution in [0.25, 0.3) is 0 Å². The van der Waals surface area contributed by atoms with Gasteiger partial charge in [-0.05, 0) is 36.2 Å². The van der Waals surface area contributed by atoms with Crippen molar-refractivity contribution in [3.8, 4) is 0 Å². The molecular formula is C17H18ClN3O2. The Balaban J connectivity index is 1.91. The van der Waals surface area contributed by atoms with Gasteiger partial charge in [-0.1, -0.05) is 35.9 Å². The average molecular weight is 332 g/mol. The lowest BCUT2D eigenvalue weighted by Crippen LogP contribution is -2.24. The molecule has 3 N–H and O–H groups in total. The van der Waals surface area contributed by atoms with E-state index in [1.807, 2.05) is 24.3 Å². The van der Waals surface area contributed by atoms with Crippen LogP contribution in [0.5, 0.6) is 0 Å². The highest BCUT2D eigenvalue weighted by Crippen LogP contribution is 2.18. The van der Waals surface area contributed by atoms with Gasteiger partial charge in [0.25, 0.3) is 0 Å². The highest BCUT2D eigenvalue weighted by atomic mass is 35.5. The highest BCUT2D eigenvalue weighted by Gasteiger charge is 2.06. The van der Waals surface area contributed by atoms with E-state index >= 15 is 0 Å². The molecule has 3 amide bonds. The summed E-state index contributed by atoms with van der Waals surface area (Å²) in [6, 6.07) is 14.1. The number of halogens is 1. The minimum atomic E-state index is -0.313. The molecule has 0 spiro atoms. The van der Waals surface area contributed by atoms with Crippen molar-refractivity contribution in [3.63, 3.8) is 0 Å². The maximum atomic E-state index is 12.0. The monoisotopic (exact) mass is 331 g/mol. The second-order valence-electron chi connectivity index (χ2n) is 4.92. The Morgan fingerprint density at radius 3 is 2.39 bits per heavy atom. The maximum Gasteiger partial charge on any atom is 0.318 e. The van der Waals surface area contributed by atoms with Gasteiger partial charge in [0.2, 0.25) is 5.91 Å². The molecule has 5 nitrogen and oxygen atoms in total. The predicted octanol–water partition coefficient (Wildman–Crippen LogP) is 3.66. The van der Waals surface area contributed by atoms with Crippen molar-refractivity contribution in [3.05, 3.63) is 59.1 Å². The molecular weight excluding hydrogens is 314 g/mol. The standard InChI is InChI=1S/C17H18ClN3O2/c1-19-17(23)21-14-7-4-6-13(11-14)20-16(22)10-9-12-5-2-3-8-15(12)18/h2-8,11H,9-10H2,1H3,(H,20,22)(H2,19,21,23). The van der Waals surface area contributed by atoms with Crippen molar-refractivity contribution in [1.29, 1.82) is 0 Å². The van der Waals surface area contributed by atoms with E-state index in [2.05, 4.69) is 16.0 Å². The summed E-state index contributed by atoms with van der Waals surface area (Å²) < 4.78 is 0. The number of carbonyl (C=O) groups excluding carboxylic acids is 2. The van der Waals surface area contributed by atoms with Gasteiger partial charge in [-0.25, -0.2) is 4.79 Å². The van der Waals surface area contributed by atoms with Gasteiger partial charge in [-0.15, -0.1) is 0 Å². The summed E-state index contributed by atoms with van der Waals surface area (Å²) in [6.07, 6.45) is 0.901. The lowest BCUT2D eigenvalue weighted by atomic mass is 10.1. The molecule has 0 saturated heterocycles. The Bertz CT molecular complexity index is 704. The van der Waals surface area contributed by atoms with Gasteiger partial charge in [0.05, 0.1) is 0 Å². The van der Waals surface area contributed by atoms with E-state index in [0.717, 1.165) is 5.56 Å². The molecule has 0 aliphatic rings. The van der Waals surface area contributed by atoms with E-state index in [-0.39, 0.29) is 11.9 Å². The first kappa shape index (κ1) is 16.8. The minimum Gasteiger partial charge on any atom is -0.341 e. The van der Waals surface area contributed by atoms with Crippen molar-refractivity contribution >= 4 is 34.9 Å². The van der Waals surface area contributed by atoms with Crippen LogP contribution in [0.15, 0.2) is 48.5 Å². The first-order valence-electron chi connectivity index (χ1n) is 7.20. The number of amides is 3. The molecule has 0 unspecified atom stereocenters. The number of carbonyl (C=O) groups is 2. The van der Waals surface area contributed by atoms with Crippen LogP contribution >= 0.6 is 11.6 Å². The quantitative estimate of drug-likeness (QED) is 0.782. The van der Waals surface area contributed by atoms with E-state index in [0.29, 0.717) is 29.2 Å². The number of hydrogen-bond acceptors (Lipinski definition) is 2. The number of benzene rings is 2. The smallest absolute Gasteiger partial charge is 0.318 e. The van der Waals surface area contributed by atoms with Crippen LogP contribution in [-0.2, 0) is 11.2 Å². The number of nitrogens with one attached hydrogen (secondary N) is 3. The number of rotatable bonds is 5. The molecule has 0 radical (unpaired) electrons. The van der Waals surface area contributed by atoms with Gasteiger partial charge < -0.3 is 16.0 Å². The molecule has 0 bridgehead atoms. The van der Waals surface area contributed by atoms with Gasteiger partial charge in [-0.2, -0.15) is 0 Å². The van der Waals surface area contributed by atoms with Gasteiger partial charge >= 0.3 is 6.03 Å². The summed E-state index contributed by atoms with van der Waals surface area (Å²) in [5, 5.41) is 8.59. The van der Waals surface area contributed by atoms with Gasteiger partial charge in [0.1, 0.15) is 0 Å². The van der Waals surface area contributed by atoms with Crippen LogP contribution in [0.4, 0.5) is 16.2 Å². The zero-order valence-electron chi connectivity index (χ0n) is 12.7. The maximum absolute atomic E-state index is 12.0. The van der Waals surface area contributed by atoms with Gasteiger partial charge in [-0.3, -0.25) is 4.79 Å². The van der Waals surface area contributed by atoms with Crippen molar-refractivity contribution in [2.45, 2.75) is 12.8 Å². The first-order chi connectivity index (χ1) is 11.1. The van der Waals surface area contributed by atoms with Crippen LogP contribution in [0.1, 0.15) is 12.0 Å². The summed E-state index contributed by atoms with van der Waals surface area (Å²) in [5.41, 5.74) is 2.18. The Kier molecular flexibility index (Phi) is 6.00. The molecule has 0 fully saturated rings. The zero-order chi connectivity index (χ0) is 16.7. The Morgan fingerprint density at radius 2 is 1.70 bits per heavy atom. The van der Waals surface area contributed by atoms with E-state index in [1.54, 1.807) is 24.3 Å². The fourth-order valence-corrected chi connectivity index (χ4v) is 2.27. The van der Waals surface area contributed by atoms with Gasteiger partial charge in [0.15, 0.2) is 0 Å². The van der Waals surface area contributed by atoms with Crippen LogP contribution < -0.4 is 16.0 Å². The van der Waals surface area contributed by atoms with E-state index in [1.165, 1.54) is 7.05 Å². The number of aryl methyl sites for hydroxylation is 1. The lowest BCUT2D eigenvalue weighted by Gasteiger charge is -2.09. The number of hydrogen-bond donors (Lipinski definition) is 3. The fourth-order valence-electron chi connectivity index (χ4n) is 2.04. The largest absolute Gasteiger partial charge is 0.341 e. The van der Waals surface area contributed by atoms with Crippen LogP contribution in [0.2, 0.25) is 5.02 Å². The van der Waals surface area contributed by atoms with Crippen molar-refractivity contribution < 1.29 is 9.59 Å². The molecule has 23 heavy (non-hydrogen) atoms. The molecule has 2 aromatic rings. The third-order valence-corrected chi connectivity index (χ3v) is 3.58. The van der Waals surface area contributed by atoms with E-state index in [4.69, 9.17) is 11.6 Å². The SMILES string of the molecule is CNC(=O)Nc1cccc(NC(=O)CCc2ccccc2Cl)c1. The Hall–Kier alpha value is -2.53. The molecule has 0 heterocycles. The average Bonchev–Trinajstić information content (AvgIpc) is 2.54. The zero-order valence-corrected chi connectivity index (χ0v) is 13.5. The van der Waals surface area contributed by atoms with E-state index < -0.39 is 0 Å². The first-order valence-corrected chi connectivity index (χ1v) is 7.58. The molecule has 6 heteroatoms. The second-order valence-corrected chi connectivity index (χ2v) is 5.33. The van der Waals surface area contributed by atoms with E-state index in [9.17, 15) is 9.59 Å². The van der Waals surface area contributed by atoms with Crippen LogP contribution in [-0.4, -0.2) is 19.0 Å². The van der Waals surface area contributed by atoms with Crippen molar-refractivity contribution in [1.82, 2.24) is 5.32 Å². The third-order valence-electron chi connectivity index (χ3n) is 3.21.